The molecule has 134 valence electrons. The van der Waals surface area contributed by atoms with Gasteiger partial charge in [-0.3, -0.25) is 0 Å². The second-order valence-electron chi connectivity index (χ2n) is 6.77. The maximum atomic E-state index is 2.53. The van der Waals surface area contributed by atoms with Crippen molar-refractivity contribution in [2.45, 2.75) is 53.4 Å². The summed E-state index contributed by atoms with van der Waals surface area (Å²) in [7, 11) is 0. The Morgan fingerprint density at radius 2 is 1.12 bits per heavy atom. The van der Waals surface area contributed by atoms with Crippen molar-refractivity contribution in [2.24, 2.45) is 0 Å². The SMILES string of the molecule is CCc1cccc(CC)c1-[n+]1c(CC)cc(-c2ccccc2)cc1CC. The molecule has 0 fully saturated rings. The highest BCUT2D eigenvalue weighted by molar-refractivity contribution is 5.63. The van der Waals surface area contributed by atoms with E-state index >= 15 is 0 Å². The third-order valence-electron chi connectivity index (χ3n) is 5.24. The number of hydrogen-bond donors (Lipinski definition) is 0. The van der Waals surface area contributed by atoms with Crippen molar-refractivity contribution < 1.29 is 4.57 Å². The highest BCUT2D eigenvalue weighted by Gasteiger charge is 2.24. The van der Waals surface area contributed by atoms with E-state index in [-0.39, 0.29) is 0 Å². The summed E-state index contributed by atoms with van der Waals surface area (Å²) in [6.45, 7) is 9.04. The molecule has 3 aromatic rings. The number of nitrogens with zero attached hydrogens (tertiary/aromatic N) is 1. The highest BCUT2D eigenvalue weighted by atomic mass is 15.0. The van der Waals surface area contributed by atoms with Crippen molar-refractivity contribution in [3.05, 3.63) is 83.2 Å². The van der Waals surface area contributed by atoms with E-state index in [1.165, 1.54) is 39.3 Å². The molecule has 0 bridgehead atoms. The minimum absolute atomic E-state index is 1.02. The maximum Gasteiger partial charge on any atom is 0.217 e. The minimum atomic E-state index is 1.02. The summed E-state index contributed by atoms with van der Waals surface area (Å²) in [5.41, 5.74) is 9.67. The summed E-state index contributed by atoms with van der Waals surface area (Å²) in [6.07, 6.45) is 4.16. The van der Waals surface area contributed by atoms with Crippen LogP contribution in [0, 0.1) is 0 Å². The van der Waals surface area contributed by atoms with E-state index in [1.807, 2.05) is 0 Å². The Morgan fingerprint density at radius 3 is 1.58 bits per heavy atom. The first-order valence-corrected chi connectivity index (χ1v) is 9.97. The third kappa shape index (κ3) is 3.44. The Labute approximate surface area is 158 Å². The van der Waals surface area contributed by atoms with E-state index in [4.69, 9.17) is 0 Å². The fourth-order valence-corrected chi connectivity index (χ4v) is 3.82. The quantitative estimate of drug-likeness (QED) is 0.492. The van der Waals surface area contributed by atoms with Gasteiger partial charge in [-0.25, -0.2) is 0 Å². The third-order valence-corrected chi connectivity index (χ3v) is 5.24. The molecule has 2 aromatic carbocycles. The molecule has 0 saturated heterocycles. The van der Waals surface area contributed by atoms with Crippen molar-refractivity contribution in [1.82, 2.24) is 0 Å². The van der Waals surface area contributed by atoms with Gasteiger partial charge in [0.15, 0.2) is 11.4 Å². The lowest BCUT2D eigenvalue weighted by Crippen LogP contribution is -2.42. The summed E-state index contributed by atoms with van der Waals surface area (Å²) in [5, 5.41) is 0. The van der Waals surface area contributed by atoms with Gasteiger partial charge in [-0.15, -0.1) is 0 Å². The number of para-hydroxylation sites is 1. The molecule has 0 saturated carbocycles. The van der Waals surface area contributed by atoms with Gasteiger partial charge in [0.2, 0.25) is 5.69 Å². The Balaban J connectivity index is 2.29. The molecule has 1 aromatic heterocycles. The van der Waals surface area contributed by atoms with Gasteiger partial charge in [-0.05, 0) is 24.0 Å². The number of pyridine rings is 1. The zero-order valence-electron chi connectivity index (χ0n) is 16.5. The molecule has 0 aliphatic carbocycles. The Kier molecular flexibility index (Phi) is 5.88. The van der Waals surface area contributed by atoms with Crippen LogP contribution in [0.4, 0.5) is 0 Å². The van der Waals surface area contributed by atoms with E-state index in [9.17, 15) is 0 Å². The van der Waals surface area contributed by atoms with Crippen molar-refractivity contribution in [2.75, 3.05) is 0 Å². The van der Waals surface area contributed by atoms with Gasteiger partial charge in [0.05, 0.1) is 0 Å². The number of aryl methyl sites for hydroxylation is 4. The van der Waals surface area contributed by atoms with Crippen molar-refractivity contribution >= 4 is 0 Å². The minimum Gasteiger partial charge on any atom is -0.161 e. The van der Waals surface area contributed by atoms with Crippen molar-refractivity contribution in [3.8, 4) is 16.8 Å². The fraction of sp³-hybridized carbons (Fsp3) is 0.320. The van der Waals surface area contributed by atoms with Crippen LogP contribution in [0.2, 0.25) is 0 Å². The lowest BCUT2D eigenvalue weighted by molar-refractivity contribution is -0.613. The molecule has 0 aliphatic rings. The first kappa shape index (κ1) is 18.4. The predicted octanol–water partition coefficient (Wildman–Crippen LogP) is 5.88. The van der Waals surface area contributed by atoms with Gasteiger partial charge in [0, 0.05) is 36.1 Å². The second-order valence-corrected chi connectivity index (χ2v) is 6.77. The van der Waals surface area contributed by atoms with Gasteiger partial charge >= 0.3 is 0 Å². The zero-order valence-corrected chi connectivity index (χ0v) is 16.5. The summed E-state index contributed by atoms with van der Waals surface area (Å²) < 4.78 is 2.53. The molecular weight excluding hydrogens is 314 g/mol. The standard InChI is InChI=1S/C25H30N/c1-5-19-15-12-16-20(6-2)25(19)26-23(7-3)17-22(18-24(26)8-4)21-13-10-9-11-14-21/h9-18H,5-8H2,1-4H3/q+1. The fourth-order valence-electron chi connectivity index (χ4n) is 3.82. The van der Waals surface area contributed by atoms with Crippen LogP contribution in [0.5, 0.6) is 0 Å². The first-order chi connectivity index (χ1) is 12.7. The molecule has 0 aliphatic heterocycles. The predicted molar refractivity (Wildman–Crippen MR) is 111 cm³/mol. The maximum absolute atomic E-state index is 2.53. The molecule has 0 N–H and O–H groups in total. The normalized spacial score (nSPS) is 10.9. The van der Waals surface area contributed by atoms with Crippen LogP contribution in [0.1, 0.15) is 50.2 Å². The van der Waals surface area contributed by atoms with Gasteiger partial charge < -0.3 is 0 Å². The summed E-state index contributed by atoms with van der Waals surface area (Å²) in [5.74, 6) is 0. The molecule has 26 heavy (non-hydrogen) atoms. The largest absolute Gasteiger partial charge is 0.217 e. The molecule has 1 nitrogen and oxygen atoms in total. The van der Waals surface area contributed by atoms with Gasteiger partial charge in [-0.1, -0.05) is 76.2 Å². The molecule has 1 heteroatoms. The molecule has 0 radical (unpaired) electrons. The van der Waals surface area contributed by atoms with Crippen LogP contribution in [0.25, 0.3) is 16.8 Å². The average molecular weight is 345 g/mol. The van der Waals surface area contributed by atoms with Crippen molar-refractivity contribution in [3.63, 3.8) is 0 Å². The summed E-state index contributed by atoms with van der Waals surface area (Å²) in [6, 6.07) is 22.3. The lowest BCUT2D eigenvalue weighted by atomic mass is 9.98. The van der Waals surface area contributed by atoms with E-state index < -0.39 is 0 Å². The van der Waals surface area contributed by atoms with Crippen LogP contribution >= 0.6 is 0 Å². The molecule has 1 heterocycles. The molecule has 3 rings (SSSR count). The lowest BCUT2D eigenvalue weighted by Gasteiger charge is -2.15. The average Bonchev–Trinajstić information content (AvgIpc) is 2.72. The van der Waals surface area contributed by atoms with Crippen LogP contribution in [0.15, 0.2) is 60.7 Å². The first-order valence-electron chi connectivity index (χ1n) is 9.97. The molecule has 0 spiro atoms. The Morgan fingerprint density at radius 1 is 0.577 bits per heavy atom. The zero-order chi connectivity index (χ0) is 18.5. The van der Waals surface area contributed by atoms with E-state index in [2.05, 4.69) is 92.9 Å². The monoisotopic (exact) mass is 344 g/mol. The molecule has 0 atom stereocenters. The van der Waals surface area contributed by atoms with E-state index in [0.717, 1.165) is 25.7 Å². The van der Waals surface area contributed by atoms with E-state index in [0.29, 0.717) is 0 Å². The van der Waals surface area contributed by atoms with Gasteiger partial charge in [-0.2, -0.15) is 4.57 Å². The number of rotatable bonds is 6. The molecule has 0 amide bonds. The van der Waals surface area contributed by atoms with Gasteiger partial charge in [0.1, 0.15) is 0 Å². The molecule has 0 unspecified atom stereocenters. The van der Waals surface area contributed by atoms with Crippen LogP contribution in [-0.2, 0) is 25.7 Å². The Hall–Kier alpha value is -2.41. The van der Waals surface area contributed by atoms with Gasteiger partial charge in [0.25, 0.3) is 0 Å². The topological polar surface area (TPSA) is 3.88 Å². The second kappa shape index (κ2) is 8.31. The van der Waals surface area contributed by atoms with Crippen LogP contribution in [-0.4, -0.2) is 0 Å². The number of benzene rings is 2. The van der Waals surface area contributed by atoms with Crippen LogP contribution < -0.4 is 4.57 Å². The van der Waals surface area contributed by atoms with Crippen molar-refractivity contribution in [1.29, 1.82) is 0 Å². The van der Waals surface area contributed by atoms with E-state index in [1.54, 1.807) is 0 Å². The van der Waals surface area contributed by atoms with Crippen LogP contribution in [0.3, 0.4) is 0 Å². The molecular formula is C25H30N+. The highest BCUT2D eigenvalue weighted by Crippen LogP contribution is 2.24. The Bertz CT molecular complexity index is 831. The summed E-state index contributed by atoms with van der Waals surface area (Å²) >= 11 is 0. The number of aromatic nitrogens is 1. The number of hydrogen-bond acceptors (Lipinski definition) is 0. The smallest absolute Gasteiger partial charge is 0.161 e. The summed E-state index contributed by atoms with van der Waals surface area (Å²) in [4.78, 5) is 0.